The van der Waals surface area contributed by atoms with Crippen LogP contribution in [0.25, 0.3) is 11.1 Å². The second-order valence-electron chi connectivity index (χ2n) is 8.88. The molecule has 3 heteroatoms. The third kappa shape index (κ3) is 4.08. The van der Waals surface area contributed by atoms with Gasteiger partial charge in [0.05, 0.1) is 0 Å². The van der Waals surface area contributed by atoms with Gasteiger partial charge >= 0.3 is 0 Å². The molecule has 3 nitrogen and oxygen atoms in total. The minimum absolute atomic E-state index is 0.0971. The van der Waals surface area contributed by atoms with Crippen molar-refractivity contribution >= 4 is 5.84 Å². The van der Waals surface area contributed by atoms with Crippen molar-refractivity contribution < 1.29 is 0 Å². The van der Waals surface area contributed by atoms with Gasteiger partial charge in [-0.1, -0.05) is 115 Å². The maximum absolute atomic E-state index is 5.20. The molecule has 5 rings (SSSR count). The monoisotopic (exact) mass is 431 g/mol. The Morgan fingerprint density at radius 3 is 2.00 bits per heavy atom. The summed E-state index contributed by atoms with van der Waals surface area (Å²) in [5, 5.41) is 3.76. The van der Waals surface area contributed by atoms with E-state index in [0.717, 1.165) is 11.4 Å². The molecule has 0 bridgehead atoms. The van der Waals surface area contributed by atoms with Crippen LogP contribution in [0.5, 0.6) is 0 Å². The van der Waals surface area contributed by atoms with Crippen LogP contribution in [0.15, 0.2) is 114 Å². The third-order valence-corrected chi connectivity index (χ3v) is 6.63. The number of aliphatic imine (C=N–C) groups is 1. The Balaban J connectivity index is 1.58. The highest BCUT2D eigenvalue weighted by Gasteiger charge is 2.40. The first-order chi connectivity index (χ1) is 16.0. The van der Waals surface area contributed by atoms with Gasteiger partial charge in [0.1, 0.15) is 17.7 Å². The third-order valence-electron chi connectivity index (χ3n) is 6.63. The van der Waals surface area contributed by atoms with Crippen LogP contribution in [0.2, 0.25) is 0 Å². The molecule has 1 N–H and O–H groups in total. The minimum atomic E-state index is -0.412. The molecule has 164 valence electrons. The summed E-state index contributed by atoms with van der Waals surface area (Å²) >= 11 is 0. The summed E-state index contributed by atoms with van der Waals surface area (Å²) in [6.07, 6.45) is -0.0971. The van der Waals surface area contributed by atoms with Crippen LogP contribution in [0.4, 0.5) is 0 Å². The molecule has 4 aromatic carbocycles. The highest BCUT2D eigenvalue weighted by atomic mass is 15.4. The molecule has 33 heavy (non-hydrogen) atoms. The molecule has 0 saturated heterocycles. The molecule has 0 spiro atoms. The molecule has 0 fully saturated rings. The van der Waals surface area contributed by atoms with Crippen molar-refractivity contribution in [1.29, 1.82) is 0 Å². The summed E-state index contributed by atoms with van der Waals surface area (Å²) < 4.78 is 0. The second kappa shape index (κ2) is 8.68. The van der Waals surface area contributed by atoms with Gasteiger partial charge in [0, 0.05) is 5.56 Å². The predicted octanol–water partition coefficient (Wildman–Crippen LogP) is 6.52. The van der Waals surface area contributed by atoms with E-state index in [9.17, 15) is 0 Å². The number of hydrogen-bond donors (Lipinski definition) is 1. The SMILES string of the molecule is Cc1cccc(C2N=C(c3ccc(-c4ccccc4)cc3)NC(C)(c3ccccc3)N2C)c1. The van der Waals surface area contributed by atoms with Crippen LogP contribution in [0, 0.1) is 6.92 Å². The number of benzene rings is 4. The van der Waals surface area contributed by atoms with Crippen molar-refractivity contribution in [2.24, 2.45) is 4.99 Å². The smallest absolute Gasteiger partial charge is 0.132 e. The average molecular weight is 432 g/mol. The fourth-order valence-corrected chi connectivity index (χ4v) is 4.57. The highest BCUT2D eigenvalue weighted by Crippen LogP contribution is 2.37. The summed E-state index contributed by atoms with van der Waals surface area (Å²) in [6.45, 7) is 4.37. The van der Waals surface area contributed by atoms with E-state index in [1.807, 2.05) is 6.07 Å². The first-order valence-corrected chi connectivity index (χ1v) is 11.4. The Morgan fingerprint density at radius 2 is 1.33 bits per heavy atom. The van der Waals surface area contributed by atoms with Crippen molar-refractivity contribution in [1.82, 2.24) is 10.2 Å². The predicted molar refractivity (Wildman–Crippen MR) is 137 cm³/mol. The average Bonchev–Trinajstić information content (AvgIpc) is 2.87. The maximum Gasteiger partial charge on any atom is 0.132 e. The molecule has 4 aromatic rings. The summed E-state index contributed by atoms with van der Waals surface area (Å²) in [5.74, 6) is 0.908. The van der Waals surface area contributed by atoms with Gasteiger partial charge in [-0.05, 0) is 43.1 Å². The molecule has 2 atom stereocenters. The summed E-state index contributed by atoms with van der Waals surface area (Å²) in [4.78, 5) is 7.52. The molecule has 1 aliphatic heterocycles. The van der Waals surface area contributed by atoms with Gasteiger partial charge in [-0.3, -0.25) is 4.90 Å². The number of aryl methyl sites for hydroxylation is 1. The van der Waals surface area contributed by atoms with Crippen LogP contribution < -0.4 is 5.32 Å². The summed E-state index contributed by atoms with van der Waals surface area (Å²) in [5.41, 5.74) is 6.73. The zero-order valence-electron chi connectivity index (χ0n) is 19.4. The van der Waals surface area contributed by atoms with Crippen LogP contribution in [0.1, 0.15) is 35.3 Å². The van der Waals surface area contributed by atoms with Gasteiger partial charge in [0.15, 0.2) is 0 Å². The fourth-order valence-electron chi connectivity index (χ4n) is 4.57. The van der Waals surface area contributed by atoms with E-state index in [0.29, 0.717) is 0 Å². The minimum Gasteiger partial charge on any atom is -0.348 e. The van der Waals surface area contributed by atoms with Crippen molar-refractivity contribution in [3.63, 3.8) is 0 Å². The van der Waals surface area contributed by atoms with Gasteiger partial charge in [-0.15, -0.1) is 0 Å². The van der Waals surface area contributed by atoms with Crippen LogP contribution in [-0.2, 0) is 5.66 Å². The zero-order valence-corrected chi connectivity index (χ0v) is 19.4. The van der Waals surface area contributed by atoms with E-state index in [2.05, 4.69) is 134 Å². The lowest BCUT2D eigenvalue weighted by molar-refractivity contribution is 0.0603. The fraction of sp³-hybridized carbons (Fsp3) is 0.167. The normalized spacial score (nSPS) is 20.7. The molecule has 0 radical (unpaired) electrons. The molecule has 0 amide bonds. The Kier molecular flexibility index (Phi) is 5.57. The molecular weight excluding hydrogens is 402 g/mol. The van der Waals surface area contributed by atoms with E-state index >= 15 is 0 Å². The molecule has 0 aliphatic carbocycles. The highest BCUT2D eigenvalue weighted by molar-refractivity contribution is 6.00. The van der Waals surface area contributed by atoms with E-state index in [1.165, 1.54) is 27.8 Å². The lowest BCUT2D eigenvalue weighted by atomic mass is 9.95. The standard InChI is InChI=1S/C30H29N3/c1-22-11-10-14-26(21-22)29-31-28(32-30(2,33(29)3)27-15-8-5-9-16-27)25-19-17-24(18-20-25)23-12-6-4-7-13-23/h4-21,29H,1-3H3,(H,31,32). The number of amidine groups is 1. The quantitative estimate of drug-likeness (QED) is 0.399. The van der Waals surface area contributed by atoms with E-state index in [-0.39, 0.29) is 6.17 Å². The van der Waals surface area contributed by atoms with Gasteiger partial charge in [0.25, 0.3) is 0 Å². The van der Waals surface area contributed by atoms with E-state index < -0.39 is 5.66 Å². The first-order valence-electron chi connectivity index (χ1n) is 11.4. The molecular formula is C30H29N3. The van der Waals surface area contributed by atoms with Gasteiger partial charge in [-0.25, -0.2) is 4.99 Å². The Labute approximate surface area is 196 Å². The van der Waals surface area contributed by atoms with Gasteiger partial charge < -0.3 is 5.32 Å². The molecule has 1 aliphatic rings. The van der Waals surface area contributed by atoms with Gasteiger partial charge in [0.2, 0.25) is 0 Å². The van der Waals surface area contributed by atoms with Crippen molar-refractivity contribution in [3.05, 3.63) is 131 Å². The molecule has 0 aromatic heterocycles. The van der Waals surface area contributed by atoms with Crippen molar-refractivity contribution in [3.8, 4) is 11.1 Å². The maximum atomic E-state index is 5.20. The lowest BCUT2D eigenvalue weighted by Gasteiger charge is -2.47. The first kappa shape index (κ1) is 21.2. The Hall–Kier alpha value is -3.69. The van der Waals surface area contributed by atoms with Crippen LogP contribution in [-0.4, -0.2) is 17.8 Å². The Bertz CT molecular complexity index is 1260. The molecule has 0 saturated carbocycles. The van der Waals surface area contributed by atoms with Crippen molar-refractivity contribution in [2.45, 2.75) is 25.7 Å². The van der Waals surface area contributed by atoms with Crippen molar-refractivity contribution in [2.75, 3.05) is 7.05 Å². The largest absolute Gasteiger partial charge is 0.348 e. The summed E-state index contributed by atoms with van der Waals surface area (Å²) in [6, 6.07) is 38.4. The number of nitrogens with one attached hydrogen (secondary N) is 1. The zero-order chi connectivity index (χ0) is 22.8. The van der Waals surface area contributed by atoms with Gasteiger partial charge in [-0.2, -0.15) is 0 Å². The molecule has 2 unspecified atom stereocenters. The number of nitrogens with zero attached hydrogens (tertiary/aromatic N) is 2. The number of hydrogen-bond acceptors (Lipinski definition) is 3. The number of rotatable bonds is 4. The van der Waals surface area contributed by atoms with E-state index in [4.69, 9.17) is 4.99 Å². The Morgan fingerprint density at radius 1 is 0.727 bits per heavy atom. The topological polar surface area (TPSA) is 27.6 Å². The molecule has 1 heterocycles. The van der Waals surface area contributed by atoms with Crippen LogP contribution >= 0.6 is 0 Å². The van der Waals surface area contributed by atoms with Crippen LogP contribution in [0.3, 0.4) is 0 Å². The second-order valence-corrected chi connectivity index (χ2v) is 8.88. The summed E-state index contributed by atoms with van der Waals surface area (Å²) in [7, 11) is 2.14. The lowest BCUT2D eigenvalue weighted by Crippen LogP contribution is -2.58. The van der Waals surface area contributed by atoms with E-state index in [1.54, 1.807) is 0 Å².